The Morgan fingerprint density at radius 1 is 1.43 bits per heavy atom. The van der Waals surface area contributed by atoms with Crippen LogP contribution in [-0.4, -0.2) is 17.9 Å². The van der Waals surface area contributed by atoms with Crippen LogP contribution in [-0.2, 0) is 6.54 Å². The second-order valence-corrected chi connectivity index (χ2v) is 6.93. The highest BCUT2D eigenvalue weighted by atomic mass is 79.9. The Labute approximate surface area is 133 Å². The van der Waals surface area contributed by atoms with Crippen molar-refractivity contribution in [2.75, 3.05) is 11.9 Å². The molecule has 1 aromatic heterocycles. The van der Waals surface area contributed by atoms with Gasteiger partial charge in [-0.25, -0.2) is 0 Å². The van der Waals surface area contributed by atoms with Gasteiger partial charge in [0.2, 0.25) is 5.91 Å². The Balaban J connectivity index is 2.33. The van der Waals surface area contributed by atoms with Crippen molar-refractivity contribution in [3.8, 4) is 0 Å². The van der Waals surface area contributed by atoms with E-state index in [1.54, 1.807) is 29.4 Å². The van der Waals surface area contributed by atoms with Gasteiger partial charge in [0.15, 0.2) is 0 Å². The molecule has 0 aliphatic carbocycles. The molecule has 0 bridgehead atoms. The third-order valence-electron chi connectivity index (χ3n) is 2.89. The van der Waals surface area contributed by atoms with Crippen molar-refractivity contribution in [1.82, 2.24) is 0 Å². The van der Waals surface area contributed by atoms with E-state index < -0.39 is 10.8 Å². The van der Waals surface area contributed by atoms with Crippen LogP contribution in [0, 0.1) is 10.1 Å². The normalized spacial score (nSPS) is 10.4. The zero-order valence-electron chi connectivity index (χ0n) is 11.1. The summed E-state index contributed by atoms with van der Waals surface area (Å²) in [6.07, 6.45) is 0. The predicted octanol–water partition coefficient (Wildman–Crippen LogP) is 3.15. The first-order valence-corrected chi connectivity index (χ1v) is 7.53. The highest BCUT2D eigenvalue weighted by molar-refractivity contribution is 9.11. The number of carbonyl (C=O) groups excluding carboxylic acids is 1. The van der Waals surface area contributed by atoms with E-state index in [-0.39, 0.29) is 11.3 Å². The SMILES string of the molecule is CN(Cc1ccc(Br)s1)c1ccc(C(N)=O)cc1[N+](=O)[O-]. The average molecular weight is 370 g/mol. The highest BCUT2D eigenvalue weighted by Gasteiger charge is 2.19. The van der Waals surface area contributed by atoms with Gasteiger partial charge in [-0.05, 0) is 40.2 Å². The number of nitro benzene ring substituents is 1. The summed E-state index contributed by atoms with van der Waals surface area (Å²) < 4.78 is 1.00. The van der Waals surface area contributed by atoms with Gasteiger partial charge < -0.3 is 10.6 Å². The Morgan fingerprint density at radius 3 is 2.67 bits per heavy atom. The molecule has 1 heterocycles. The van der Waals surface area contributed by atoms with Gasteiger partial charge in [0, 0.05) is 23.6 Å². The summed E-state index contributed by atoms with van der Waals surface area (Å²) in [5, 5.41) is 11.2. The maximum Gasteiger partial charge on any atom is 0.293 e. The lowest BCUT2D eigenvalue weighted by molar-refractivity contribution is -0.384. The summed E-state index contributed by atoms with van der Waals surface area (Å²) >= 11 is 4.95. The topological polar surface area (TPSA) is 89.5 Å². The van der Waals surface area contributed by atoms with Crippen molar-refractivity contribution in [2.24, 2.45) is 5.73 Å². The number of rotatable bonds is 5. The standard InChI is InChI=1S/C13H12BrN3O3S/c1-16(7-9-3-5-12(14)21-9)10-4-2-8(13(15)18)6-11(10)17(19)20/h2-6H,7H2,1H3,(H2,15,18). The number of nitrogens with two attached hydrogens (primary N) is 1. The van der Waals surface area contributed by atoms with Crippen LogP contribution in [0.5, 0.6) is 0 Å². The number of nitrogens with zero attached hydrogens (tertiary/aromatic N) is 2. The van der Waals surface area contributed by atoms with Gasteiger partial charge in [0.1, 0.15) is 5.69 Å². The molecule has 0 aliphatic rings. The van der Waals surface area contributed by atoms with Gasteiger partial charge in [-0.2, -0.15) is 0 Å². The van der Waals surface area contributed by atoms with Crippen molar-refractivity contribution in [3.05, 3.63) is 54.7 Å². The van der Waals surface area contributed by atoms with Gasteiger partial charge in [-0.3, -0.25) is 14.9 Å². The third-order valence-corrected chi connectivity index (χ3v) is 4.50. The van der Waals surface area contributed by atoms with Gasteiger partial charge in [-0.15, -0.1) is 11.3 Å². The monoisotopic (exact) mass is 369 g/mol. The molecule has 0 fully saturated rings. The minimum Gasteiger partial charge on any atom is -0.366 e. The van der Waals surface area contributed by atoms with Gasteiger partial charge >= 0.3 is 0 Å². The maximum atomic E-state index is 11.2. The number of primary amides is 1. The van der Waals surface area contributed by atoms with Crippen LogP contribution in [0.4, 0.5) is 11.4 Å². The van der Waals surface area contributed by atoms with Crippen LogP contribution >= 0.6 is 27.3 Å². The Bertz CT molecular complexity index is 702. The Kier molecular flexibility index (Phi) is 4.59. The second-order valence-electron chi connectivity index (χ2n) is 4.39. The molecule has 1 aromatic carbocycles. The number of anilines is 1. The summed E-state index contributed by atoms with van der Waals surface area (Å²) in [7, 11) is 1.76. The van der Waals surface area contributed by atoms with E-state index >= 15 is 0 Å². The van der Waals surface area contributed by atoms with E-state index in [1.165, 1.54) is 12.1 Å². The molecule has 6 nitrogen and oxygen atoms in total. The molecule has 0 radical (unpaired) electrons. The lowest BCUT2D eigenvalue weighted by Gasteiger charge is -2.18. The summed E-state index contributed by atoms with van der Waals surface area (Å²) in [6.45, 7) is 0.535. The van der Waals surface area contributed by atoms with E-state index in [0.717, 1.165) is 8.66 Å². The fourth-order valence-electron chi connectivity index (χ4n) is 1.90. The number of hydrogen-bond acceptors (Lipinski definition) is 5. The van der Waals surface area contributed by atoms with Crippen LogP contribution in [0.1, 0.15) is 15.2 Å². The molecular weight excluding hydrogens is 358 g/mol. The number of nitro groups is 1. The molecule has 2 N–H and O–H groups in total. The van der Waals surface area contributed by atoms with Crippen molar-refractivity contribution < 1.29 is 9.72 Å². The fourth-order valence-corrected chi connectivity index (χ4v) is 3.44. The molecule has 0 saturated heterocycles. The number of hydrogen-bond donors (Lipinski definition) is 1. The molecular formula is C13H12BrN3O3S. The lowest BCUT2D eigenvalue weighted by Crippen LogP contribution is -2.18. The number of halogens is 1. The van der Waals surface area contributed by atoms with Crippen molar-refractivity contribution in [3.63, 3.8) is 0 Å². The molecule has 1 amide bonds. The minimum atomic E-state index is -0.686. The Hall–Kier alpha value is -1.93. The first-order chi connectivity index (χ1) is 9.88. The average Bonchev–Trinajstić information content (AvgIpc) is 2.83. The van der Waals surface area contributed by atoms with Crippen LogP contribution in [0.15, 0.2) is 34.1 Å². The van der Waals surface area contributed by atoms with Crippen molar-refractivity contribution in [2.45, 2.75) is 6.54 Å². The smallest absolute Gasteiger partial charge is 0.293 e. The maximum absolute atomic E-state index is 11.2. The first-order valence-electron chi connectivity index (χ1n) is 5.92. The van der Waals surface area contributed by atoms with Crippen LogP contribution in [0.2, 0.25) is 0 Å². The zero-order chi connectivity index (χ0) is 15.6. The summed E-state index contributed by atoms with van der Waals surface area (Å²) in [5.41, 5.74) is 5.58. The molecule has 0 saturated carbocycles. The quantitative estimate of drug-likeness (QED) is 0.647. The fraction of sp³-hybridized carbons (Fsp3) is 0.154. The van der Waals surface area contributed by atoms with Gasteiger partial charge in [0.05, 0.1) is 15.3 Å². The molecule has 0 aliphatic heterocycles. The molecule has 0 unspecified atom stereocenters. The number of thiophene rings is 1. The Morgan fingerprint density at radius 2 is 2.14 bits per heavy atom. The first kappa shape index (κ1) is 15.5. The van der Waals surface area contributed by atoms with Gasteiger partial charge in [-0.1, -0.05) is 0 Å². The number of amides is 1. The van der Waals surface area contributed by atoms with E-state index in [0.29, 0.717) is 12.2 Å². The molecule has 2 aromatic rings. The zero-order valence-corrected chi connectivity index (χ0v) is 13.5. The van der Waals surface area contributed by atoms with E-state index in [2.05, 4.69) is 15.9 Å². The van der Waals surface area contributed by atoms with E-state index in [9.17, 15) is 14.9 Å². The van der Waals surface area contributed by atoms with E-state index in [1.807, 2.05) is 12.1 Å². The van der Waals surface area contributed by atoms with Gasteiger partial charge in [0.25, 0.3) is 5.69 Å². The third kappa shape index (κ3) is 3.59. The molecule has 8 heteroatoms. The van der Waals surface area contributed by atoms with Crippen LogP contribution in [0.25, 0.3) is 0 Å². The second kappa shape index (κ2) is 6.23. The molecule has 0 atom stereocenters. The molecule has 0 spiro atoms. The summed E-state index contributed by atoms with van der Waals surface area (Å²) in [4.78, 5) is 24.6. The molecule has 21 heavy (non-hydrogen) atoms. The number of benzene rings is 1. The van der Waals surface area contributed by atoms with Crippen molar-refractivity contribution >= 4 is 44.5 Å². The largest absolute Gasteiger partial charge is 0.366 e. The minimum absolute atomic E-state index is 0.123. The predicted molar refractivity (Wildman–Crippen MR) is 85.7 cm³/mol. The highest BCUT2D eigenvalue weighted by Crippen LogP contribution is 2.31. The molecule has 2 rings (SSSR count). The van der Waals surface area contributed by atoms with Crippen LogP contribution < -0.4 is 10.6 Å². The summed E-state index contributed by atoms with van der Waals surface area (Å²) in [5.74, 6) is -0.686. The summed E-state index contributed by atoms with van der Waals surface area (Å²) in [6, 6.07) is 8.12. The van der Waals surface area contributed by atoms with Crippen LogP contribution in [0.3, 0.4) is 0 Å². The van der Waals surface area contributed by atoms with E-state index in [4.69, 9.17) is 5.73 Å². The molecule has 110 valence electrons. The number of carbonyl (C=O) groups is 1. The lowest BCUT2D eigenvalue weighted by atomic mass is 10.1. The van der Waals surface area contributed by atoms with Crippen molar-refractivity contribution in [1.29, 1.82) is 0 Å².